The molecule has 2 aromatic rings. The van der Waals surface area contributed by atoms with E-state index < -0.39 is 0 Å². The van der Waals surface area contributed by atoms with Gasteiger partial charge in [-0.15, -0.1) is 0 Å². The number of hydrogen-bond donors (Lipinski definition) is 2. The standard InChI is InChI=1S/C18H23N3O2/c19-11-15(13-7-3-1-4-8-13)20-17(22)16-12-23-18(21-16)14-9-5-2-6-10-14/h2,5-6,9-10,12-13,15H,1,3-4,7-8,11,19H2,(H,20,22). The number of carbonyl (C=O) groups is 1. The summed E-state index contributed by atoms with van der Waals surface area (Å²) in [6.07, 6.45) is 7.41. The fraction of sp³-hybridized carbons (Fsp3) is 0.444. The monoisotopic (exact) mass is 313 g/mol. The van der Waals surface area contributed by atoms with Crippen LogP contribution in [0.5, 0.6) is 0 Å². The molecule has 1 aliphatic carbocycles. The van der Waals surface area contributed by atoms with Crippen molar-refractivity contribution in [2.75, 3.05) is 6.54 Å². The van der Waals surface area contributed by atoms with Crippen molar-refractivity contribution in [1.29, 1.82) is 0 Å². The van der Waals surface area contributed by atoms with Crippen molar-refractivity contribution < 1.29 is 9.21 Å². The predicted molar refractivity (Wildman–Crippen MR) is 88.8 cm³/mol. The summed E-state index contributed by atoms with van der Waals surface area (Å²) in [6, 6.07) is 9.56. The van der Waals surface area contributed by atoms with E-state index in [1.165, 1.54) is 25.5 Å². The Bertz CT molecular complexity index is 633. The number of amides is 1. The second-order valence-electron chi connectivity index (χ2n) is 6.12. The normalized spacial score (nSPS) is 16.9. The largest absolute Gasteiger partial charge is 0.444 e. The molecular formula is C18H23N3O2. The molecule has 1 atom stereocenters. The summed E-state index contributed by atoms with van der Waals surface area (Å²) in [4.78, 5) is 16.7. The van der Waals surface area contributed by atoms with Crippen LogP contribution in [0.25, 0.3) is 11.5 Å². The van der Waals surface area contributed by atoms with Gasteiger partial charge >= 0.3 is 0 Å². The van der Waals surface area contributed by atoms with Crippen molar-refractivity contribution in [2.24, 2.45) is 11.7 Å². The van der Waals surface area contributed by atoms with Crippen molar-refractivity contribution >= 4 is 5.91 Å². The molecule has 0 radical (unpaired) electrons. The predicted octanol–water partition coefficient (Wildman–Crippen LogP) is 2.98. The molecule has 3 rings (SSSR count). The third kappa shape index (κ3) is 3.79. The van der Waals surface area contributed by atoms with Gasteiger partial charge in [0.05, 0.1) is 0 Å². The number of carbonyl (C=O) groups excluding carboxylic acids is 1. The Morgan fingerprint density at radius 2 is 2.00 bits per heavy atom. The molecule has 0 bridgehead atoms. The van der Waals surface area contributed by atoms with Gasteiger partial charge in [-0.3, -0.25) is 4.79 Å². The topological polar surface area (TPSA) is 81.1 Å². The van der Waals surface area contributed by atoms with Crippen LogP contribution in [-0.4, -0.2) is 23.5 Å². The number of nitrogens with one attached hydrogen (secondary N) is 1. The maximum Gasteiger partial charge on any atom is 0.273 e. The zero-order chi connectivity index (χ0) is 16.1. The Morgan fingerprint density at radius 1 is 1.26 bits per heavy atom. The highest BCUT2D eigenvalue weighted by Gasteiger charge is 2.25. The SMILES string of the molecule is NCC(NC(=O)c1coc(-c2ccccc2)n1)C1CCCCC1. The van der Waals surface area contributed by atoms with Crippen molar-refractivity contribution in [2.45, 2.75) is 38.1 Å². The molecule has 1 amide bonds. The number of aromatic nitrogens is 1. The average molecular weight is 313 g/mol. The van der Waals surface area contributed by atoms with Gasteiger partial charge in [0, 0.05) is 18.2 Å². The summed E-state index contributed by atoms with van der Waals surface area (Å²) in [5.41, 5.74) is 7.03. The number of nitrogens with two attached hydrogens (primary N) is 1. The van der Waals surface area contributed by atoms with E-state index in [0.717, 1.165) is 18.4 Å². The van der Waals surface area contributed by atoms with E-state index in [9.17, 15) is 4.79 Å². The average Bonchev–Trinajstić information content (AvgIpc) is 3.11. The number of oxazole rings is 1. The Morgan fingerprint density at radius 3 is 2.70 bits per heavy atom. The molecule has 1 fully saturated rings. The molecule has 1 aromatic carbocycles. The lowest BCUT2D eigenvalue weighted by molar-refractivity contribution is 0.0910. The first-order valence-corrected chi connectivity index (χ1v) is 8.30. The van der Waals surface area contributed by atoms with Gasteiger partial charge < -0.3 is 15.5 Å². The Kier molecular flexibility index (Phi) is 5.08. The van der Waals surface area contributed by atoms with Gasteiger partial charge in [-0.25, -0.2) is 4.98 Å². The fourth-order valence-corrected chi connectivity index (χ4v) is 3.24. The first-order valence-electron chi connectivity index (χ1n) is 8.30. The zero-order valence-corrected chi connectivity index (χ0v) is 13.2. The molecule has 0 aliphatic heterocycles. The van der Waals surface area contributed by atoms with Gasteiger partial charge in [-0.1, -0.05) is 37.5 Å². The molecule has 122 valence electrons. The van der Waals surface area contributed by atoms with Crippen LogP contribution in [0.4, 0.5) is 0 Å². The maximum absolute atomic E-state index is 12.4. The number of nitrogens with zero attached hydrogens (tertiary/aromatic N) is 1. The minimum absolute atomic E-state index is 0.0136. The molecule has 1 saturated carbocycles. The van der Waals surface area contributed by atoms with Gasteiger partial charge in [0.15, 0.2) is 5.69 Å². The lowest BCUT2D eigenvalue weighted by Gasteiger charge is -2.29. The highest BCUT2D eigenvalue weighted by Crippen LogP contribution is 2.26. The molecule has 5 heteroatoms. The quantitative estimate of drug-likeness (QED) is 0.889. The molecule has 0 saturated heterocycles. The molecular weight excluding hydrogens is 290 g/mol. The molecule has 1 unspecified atom stereocenters. The van der Waals surface area contributed by atoms with E-state index in [2.05, 4.69) is 10.3 Å². The van der Waals surface area contributed by atoms with Crippen LogP contribution in [0, 0.1) is 5.92 Å². The van der Waals surface area contributed by atoms with Crippen molar-refractivity contribution in [3.05, 3.63) is 42.3 Å². The van der Waals surface area contributed by atoms with E-state index in [0.29, 0.717) is 24.0 Å². The third-order valence-electron chi connectivity index (χ3n) is 4.55. The van der Waals surface area contributed by atoms with Crippen LogP contribution in [-0.2, 0) is 0 Å². The summed E-state index contributed by atoms with van der Waals surface area (Å²) in [7, 11) is 0. The summed E-state index contributed by atoms with van der Waals surface area (Å²) >= 11 is 0. The van der Waals surface area contributed by atoms with Crippen molar-refractivity contribution in [3.8, 4) is 11.5 Å². The minimum Gasteiger partial charge on any atom is -0.444 e. The lowest BCUT2D eigenvalue weighted by Crippen LogP contribution is -2.46. The number of benzene rings is 1. The van der Waals surface area contributed by atoms with Gasteiger partial charge in [-0.05, 0) is 30.9 Å². The molecule has 23 heavy (non-hydrogen) atoms. The van der Waals surface area contributed by atoms with E-state index in [4.69, 9.17) is 10.2 Å². The first kappa shape index (κ1) is 15.7. The van der Waals surface area contributed by atoms with Gasteiger partial charge in [0.1, 0.15) is 6.26 Å². The first-order chi connectivity index (χ1) is 11.3. The lowest BCUT2D eigenvalue weighted by atomic mass is 9.84. The van der Waals surface area contributed by atoms with E-state index in [1.54, 1.807) is 0 Å². The summed E-state index contributed by atoms with van der Waals surface area (Å²) < 4.78 is 5.43. The number of rotatable bonds is 5. The van der Waals surface area contributed by atoms with E-state index in [1.807, 2.05) is 30.3 Å². The van der Waals surface area contributed by atoms with Crippen LogP contribution < -0.4 is 11.1 Å². The molecule has 1 heterocycles. The van der Waals surface area contributed by atoms with Crippen molar-refractivity contribution in [3.63, 3.8) is 0 Å². The highest BCUT2D eigenvalue weighted by atomic mass is 16.3. The molecule has 0 spiro atoms. The van der Waals surface area contributed by atoms with Crippen LogP contribution in [0.15, 0.2) is 41.0 Å². The van der Waals surface area contributed by atoms with Gasteiger partial charge in [0.25, 0.3) is 5.91 Å². The second-order valence-corrected chi connectivity index (χ2v) is 6.12. The third-order valence-corrected chi connectivity index (χ3v) is 4.55. The van der Waals surface area contributed by atoms with Gasteiger partial charge in [-0.2, -0.15) is 0 Å². The summed E-state index contributed by atoms with van der Waals surface area (Å²) in [5.74, 6) is 0.716. The van der Waals surface area contributed by atoms with E-state index >= 15 is 0 Å². The van der Waals surface area contributed by atoms with Crippen molar-refractivity contribution in [1.82, 2.24) is 10.3 Å². The van der Waals surface area contributed by atoms with Crippen LogP contribution in [0.3, 0.4) is 0 Å². The Labute approximate surface area is 136 Å². The summed E-state index contributed by atoms with van der Waals surface area (Å²) in [6.45, 7) is 0.458. The van der Waals surface area contributed by atoms with Gasteiger partial charge in [0.2, 0.25) is 5.89 Å². The molecule has 3 N–H and O–H groups in total. The fourth-order valence-electron chi connectivity index (χ4n) is 3.24. The molecule has 1 aromatic heterocycles. The Balaban J connectivity index is 1.67. The van der Waals surface area contributed by atoms with E-state index in [-0.39, 0.29) is 11.9 Å². The smallest absolute Gasteiger partial charge is 0.273 e. The second kappa shape index (κ2) is 7.42. The molecule has 5 nitrogen and oxygen atoms in total. The van der Waals surface area contributed by atoms with Crippen LogP contribution >= 0.6 is 0 Å². The Hall–Kier alpha value is -2.14. The maximum atomic E-state index is 12.4. The van der Waals surface area contributed by atoms with Crippen LogP contribution in [0.1, 0.15) is 42.6 Å². The highest BCUT2D eigenvalue weighted by molar-refractivity contribution is 5.92. The zero-order valence-electron chi connectivity index (χ0n) is 13.2. The molecule has 1 aliphatic rings. The minimum atomic E-state index is -0.211. The number of hydrogen-bond acceptors (Lipinski definition) is 4. The van der Waals surface area contributed by atoms with Crippen LogP contribution in [0.2, 0.25) is 0 Å². The summed E-state index contributed by atoms with van der Waals surface area (Å²) in [5, 5.41) is 3.03.